The number of aliphatic hydroxyl groups excluding tert-OH is 1. The molecular formula is C19H28N2O2. The molecule has 0 saturated carbocycles. The lowest BCUT2D eigenvalue weighted by Gasteiger charge is -2.40. The van der Waals surface area contributed by atoms with Crippen LogP contribution in [0, 0.1) is 5.41 Å². The molecule has 1 aromatic rings. The Morgan fingerprint density at radius 3 is 2.70 bits per heavy atom. The third-order valence-electron chi connectivity index (χ3n) is 5.83. The molecule has 0 unspecified atom stereocenters. The number of benzene rings is 1. The number of hydrogen-bond donors (Lipinski definition) is 2. The lowest BCUT2D eigenvalue weighted by molar-refractivity contribution is 0.0542. The average Bonchev–Trinajstić information content (AvgIpc) is 2.62. The van der Waals surface area contributed by atoms with Crippen molar-refractivity contribution in [3.8, 4) is 0 Å². The van der Waals surface area contributed by atoms with E-state index in [1.807, 2.05) is 17.0 Å². The fraction of sp³-hybridized carbons (Fsp3) is 0.632. The van der Waals surface area contributed by atoms with E-state index in [1.54, 1.807) is 0 Å². The molecule has 1 saturated heterocycles. The molecular weight excluding hydrogens is 288 g/mol. The molecule has 2 amide bonds. The van der Waals surface area contributed by atoms with E-state index in [0.29, 0.717) is 0 Å². The summed E-state index contributed by atoms with van der Waals surface area (Å²) in [5.74, 6) is 0. The summed E-state index contributed by atoms with van der Waals surface area (Å²) in [5.41, 5.74) is 3.71. The molecule has 126 valence electrons. The van der Waals surface area contributed by atoms with Crippen molar-refractivity contribution in [1.82, 2.24) is 4.90 Å². The van der Waals surface area contributed by atoms with Gasteiger partial charge in [0.1, 0.15) is 0 Å². The second kappa shape index (κ2) is 6.91. The highest BCUT2D eigenvalue weighted by molar-refractivity contribution is 5.90. The molecule has 0 radical (unpaired) electrons. The summed E-state index contributed by atoms with van der Waals surface area (Å²) in [6, 6.07) is 6.26. The van der Waals surface area contributed by atoms with Gasteiger partial charge < -0.3 is 15.3 Å². The number of anilines is 1. The minimum atomic E-state index is 0.00613. The van der Waals surface area contributed by atoms with Crippen LogP contribution in [0.5, 0.6) is 0 Å². The third kappa shape index (κ3) is 3.37. The summed E-state index contributed by atoms with van der Waals surface area (Å²) >= 11 is 0. The molecule has 2 aliphatic rings. The number of nitrogens with zero attached hydrogens (tertiary/aromatic N) is 1. The Hall–Kier alpha value is -1.55. The minimum Gasteiger partial charge on any atom is -0.396 e. The van der Waals surface area contributed by atoms with E-state index < -0.39 is 0 Å². The monoisotopic (exact) mass is 316 g/mol. The number of aliphatic hydroxyl groups is 1. The van der Waals surface area contributed by atoms with Gasteiger partial charge >= 0.3 is 6.03 Å². The molecule has 0 atom stereocenters. The van der Waals surface area contributed by atoms with E-state index in [9.17, 15) is 9.90 Å². The summed E-state index contributed by atoms with van der Waals surface area (Å²) < 4.78 is 0. The highest BCUT2D eigenvalue weighted by atomic mass is 16.3. The van der Waals surface area contributed by atoms with Gasteiger partial charge in [-0.05, 0) is 67.6 Å². The first-order chi connectivity index (χ1) is 11.2. The first kappa shape index (κ1) is 16.3. The SMILES string of the molecule is CCC1(CO)CCN(C(=O)Nc2cccc3c2CCCC3)CC1. The number of rotatable bonds is 3. The predicted molar refractivity (Wildman–Crippen MR) is 92.7 cm³/mol. The van der Waals surface area contributed by atoms with Crippen LogP contribution in [-0.2, 0) is 12.8 Å². The molecule has 1 aliphatic carbocycles. The van der Waals surface area contributed by atoms with Gasteiger partial charge in [0.25, 0.3) is 0 Å². The fourth-order valence-electron chi connectivity index (χ4n) is 3.90. The highest BCUT2D eigenvalue weighted by Gasteiger charge is 2.34. The number of hydrogen-bond acceptors (Lipinski definition) is 2. The molecule has 1 aliphatic heterocycles. The molecule has 23 heavy (non-hydrogen) atoms. The van der Waals surface area contributed by atoms with E-state index in [0.717, 1.165) is 50.9 Å². The van der Waals surface area contributed by atoms with E-state index >= 15 is 0 Å². The van der Waals surface area contributed by atoms with Crippen molar-refractivity contribution in [3.63, 3.8) is 0 Å². The largest absolute Gasteiger partial charge is 0.396 e. The Morgan fingerprint density at radius 2 is 2.00 bits per heavy atom. The number of nitrogens with one attached hydrogen (secondary N) is 1. The van der Waals surface area contributed by atoms with Gasteiger partial charge in [-0.25, -0.2) is 4.79 Å². The molecule has 0 spiro atoms. The Balaban J connectivity index is 1.65. The van der Waals surface area contributed by atoms with Crippen LogP contribution >= 0.6 is 0 Å². The van der Waals surface area contributed by atoms with Crippen molar-refractivity contribution >= 4 is 11.7 Å². The lowest BCUT2D eigenvalue weighted by atomic mass is 9.77. The second-order valence-corrected chi connectivity index (χ2v) is 7.08. The van der Waals surface area contributed by atoms with Crippen molar-refractivity contribution in [3.05, 3.63) is 29.3 Å². The van der Waals surface area contributed by atoms with Gasteiger partial charge in [-0.3, -0.25) is 0 Å². The summed E-state index contributed by atoms with van der Waals surface area (Å²) in [7, 11) is 0. The van der Waals surface area contributed by atoms with Crippen molar-refractivity contribution in [2.45, 2.75) is 51.9 Å². The smallest absolute Gasteiger partial charge is 0.321 e. The number of carbonyl (C=O) groups excluding carboxylic acids is 1. The quantitative estimate of drug-likeness (QED) is 0.895. The van der Waals surface area contributed by atoms with Crippen LogP contribution in [0.25, 0.3) is 0 Å². The summed E-state index contributed by atoms with van der Waals surface area (Å²) in [6.45, 7) is 3.82. The number of amides is 2. The summed E-state index contributed by atoms with van der Waals surface area (Å²) in [6.07, 6.45) is 7.40. The fourth-order valence-corrected chi connectivity index (χ4v) is 3.90. The maximum absolute atomic E-state index is 12.6. The van der Waals surface area contributed by atoms with Gasteiger partial charge in [0, 0.05) is 25.4 Å². The van der Waals surface area contributed by atoms with Crippen molar-refractivity contribution in [1.29, 1.82) is 0 Å². The number of urea groups is 1. The third-order valence-corrected chi connectivity index (χ3v) is 5.83. The van der Waals surface area contributed by atoms with Gasteiger partial charge in [0.15, 0.2) is 0 Å². The van der Waals surface area contributed by atoms with Crippen LogP contribution in [-0.4, -0.2) is 35.7 Å². The van der Waals surface area contributed by atoms with Crippen LogP contribution in [0.3, 0.4) is 0 Å². The van der Waals surface area contributed by atoms with Crippen molar-refractivity contribution in [2.75, 3.05) is 25.0 Å². The van der Waals surface area contributed by atoms with Gasteiger partial charge in [-0.15, -0.1) is 0 Å². The Morgan fingerprint density at radius 1 is 1.26 bits per heavy atom. The first-order valence-corrected chi connectivity index (χ1v) is 8.95. The zero-order valence-corrected chi connectivity index (χ0v) is 14.1. The molecule has 1 aromatic carbocycles. The van der Waals surface area contributed by atoms with Crippen molar-refractivity contribution in [2.24, 2.45) is 5.41 Å². The maximum Gasteiger partial charge on any atom is 0.321 e. The van der Waals surface area contributed by atoms with Crippen LogP contribution in [0.15, 0.2) is 18.2 Å². The van der Waals surface area contributed by atoms with Crippen molar-refractivity contribution < 1.29 is 9.90 Å². The summed E-state index contributed by atoms with van der Waals surface area (Å²) in [4.78, 5) is 14.5. The molecule has 0 aromatic heterocycles. The molecule has 1 fully saturated rings. The zero-order chi connectivity index (χ0) is 16.3. The van der Waals surface area contributed by atoms with Crippen LogP contribution < -0.4 is 5.32 Å². The number of likely N-dealkylation sites (tertiary alicyclic amines) is 1. The maximum atomic E-state index is 12.6. The van der Waals surface area contributed by atoms with E-state index in [1.165, 1.54) is 24.0 Å². The molecule has 4 nitrogen and oxygen atoms in total. The van der Waals surface area contributed by atoms with E-state index in [4.69, 9.17) is 0 Å². The standard InChI is InChI=1S/C19H28N2O2/c1-2-19(14-22)10-12-21(13-11-19)18(23)20-17-9-5-7-15-6-3-4-8-16(15)17/h5,7,9,22H,2-4,6,8,10-14H2,1H3,(H,20,23). The van der Waals surface area contributed by atoms with E-state index in [-0.39, 0.29) is 18.1 Å². The Labute approximate surface area is 138 Å². The number of fused-ring (bicyclic) bond motifs is 1. The molecule has 1 heterocycles. The van der Waals surface area contributed by atoms with Crippen LogP contribution in [0.1, 0.15) is 50.2 Å². The topological polar surface area (TPSA) is 52.6 Å². The first-order valence-electron chi connectivity index (χ1n) is 8.95. The van der Waals surface area contributed by atoms with Gasteiger partial charge in [0.05, 0.1) is 0 Å². The Bertz CT molecular complexity index is 556. The summed E-state index contributed by atoms with van der Waals surface area (Å²) in [5, 5.41) is 12.7. The molecule has 2 N–H and O–H groups in total. The zero-order valence-electron chi connectivity index (χ0n) is 14.1. The highest BCUT2D eigenvalue weighted by Crippen LogP contribution is 2.34. The van der Waals surface area contributed by atoms with Crippen LogP contribution in [0.2, 0.25) is 0 Å². The van der Waals surface area contributed by atoms with Crippen LogP contribution in [0.4, 0.5) is 10.5 Å². The lowest BCUT2D eigenvalue weighted by Crippen LogP contribution is -2.46. The molecule has 4 heteroatoms. The predicted octanol–water partition coefficient (Wildman–Crippen LogP) is 3.58. The minimum absolute atomic E-state index is 0.00613. The van der Waals surface area contributed by atoms with Gasteiger partial charge in [-0.1, -0.05) is 19.1 Å². The number of carbonyl (C=O) groups is 1. The second-order valence-electron chi connectivity index (χ2n) is 7.08. The average molecular weight is 316 g/mol. The molecule has 3 rings (SSSR count). The Kier molecular flexibility index (Phi) is 4.90. The normalized spacial score (nSPS) is 20.0. The number of piperidine rings is 1. The molecule has 0 bridgehead atoms. The van der Waals surface area contributed by atoms with E-state index in [2.05, 4.69) is 18.3 Å². The number of aryl methyl sites for hydroxylation is 1. The van der Waals surface area contributed by atoms with Gasteiger partial charge in [-0.2, -0.15) is 0 Å². The van der Waals surface area contributed by atoms with Gasteiger partial charge in [0.2, 0.25) is 0 Å².